The number of aromatic nitrogens is 2. The Hall–Kier alpha value is -3.02. The lowest BCUT2D eigenvalue weighted by Gasteiger charge is -2.20. The molecule has 1 heterocycles. The number of nitrogens with zero attached hydrogens (tertiary/aromatic N) is 3. The quantitative estimate of drug-likeness (QED) is 0.640. The number of likely N-dealkylation sites (N-methyl/N-ethyl adjacent to an activating group) is 1. The topological polar surface area (TPSA) is 56.6 Å². The molecule has 27 heavy (non-hydrogen) atoms. The van der Waals surface area contributed by atoms with E-state index in [0.29, 0.717) is 24.6 Å². The lowest BCUT2D eigenvalue weighted by atomic mass is 10.2. The van der Waals surface area contributed by atoms with Crippen LogP contribution in [0.25, 0.3) is 22.4 Å². The number of fused-ring (bicyclic) bond motifs is 1. The molecular formula is C21H25N3O3. The number of hydrogen-bond donors (Lipinski definition) is 0. The molecule has 0 bridgehead atoms. The molecule has 1 amide bonds. The van der Waals surface area contributed by atoms with E-state index in [0.717, 1.165) is 22.4 Å². The molecule has 142 valence electrons. The number of hydrogen-bond acceptors (Lipinski definition) is 4. The smallest absolute Gasteiger partial charge is 0.242 e. The van der Waals surface area contributed by atoms with Gasteiger partial charge in [-0.2, -0.15) is 0 Å². The second-order valence-electron chi connectivity index (χ2n) is 6.15. The molecule has 0 saturated heterocycles. The summed E-state index contributed by atoms with van der Waals surface area (Å²) in [6.07, 6.45) is 0. The van der Waals surface area contributed by atoms with E-state index in [1.165, 1.54) is 0 Å². The number of para-hydroxylation sites is 2. The number of carbonyl (C=O) groups excluding carboxylic acids is 1. The first-order chi connectivity index (χ1) is 13.1. The molecule has 2 aromatic carbocycles. The first-order valence-corrected chi connectivity index (χ1v) is 9.08. The summed E-state index contributed by atoms with van der Waals surface area (Å²) in [5, 5.41) is 0. The summed E-state index contributed by atoms with van der Waals surface area (Å²) in [6, 6.07) is 13.5. The van der Waals surface area contributed by atoms with Crippen molar-refractivity contribution in [3.63, 3.8) is 0 Å². The van der Waals surface area contributed by atoms with Crippen LogP contribution in [0.3, 0.4) is 0 Å². The Morgan fingerprint density at radius 2 is 1.74 bits per heavy atom. The van der Waals surface area contributed by atoms with Gasteiger partial charge in [0.15, 0.2) is 11.5 Å². The van der Waals surface area contributed by atoms with Crippen molar-refractivity contribution in [2.75, 3.05) is 27.3 Å². The van der Waals surface area contributed by atoms with Gasteiger partial charge in [0.2, 0.25) is 5.91 Å². The van der Waals surface area contributed by atoms with Crippen molar-refractivity contribution in [2.45, 2.75) is 20.4 Å². The number of ether oxygens (including phenoxy) is 2. The number of imidazole rings is 1. The second-order valence-corrected chi connectivity index (χ2v) is 6.15. The Balaban J connectivity index is 2.11. The van der Waals surface area contributed by atoms with Gasteiger partial charge in [-0.25, -0.2) is 4.98 Å². The third-order valence-electron chi connectivity index (χ3n) is 4.71. The number of amides is 1. The largest absolute Gasteiger partial charge is 0.493 e. The SMILES string of the molecule is CCN(CC)C(=O)Cn1c(-c2ccc(OC)c(OC)c2)nc2ccccc21. The molecule has 0 saturated carbocycles. The summed E-state index contributed by atoms with van der Waals surface area (Å²) in [4.78, 5) is 19.4. The molecule has 0 fully saturated rings. The molecule has 3 rings (SSSR count). The number of methoxy groups -OCH3 is 2. The summed E-state index contributed by atoms with van der Waals surface area (Å²) >= 11 is 0. The van der Waals surface area contributed by atoms with Gasteiger partial charge < -0.3 is 18.9 Å². The molecule has 6 nitrogen and oxygen atoms in total. The van der Waals surface area contributed by atoms with Crippen molar-refractivity contribution >= 4 is 16.9 Å². The fourth-order valence-corrected chi connectivity index (χ4v) is 3.24. The van der Waals surface area contributed by atoms with Gasteiger partial charge in [-0.15, -0.1) is 0 Å². The zero-order valence-electron chi connectivity index (χ0n) is 16.2. The summed E-state index contributed by atoms with van der Waals surface area (Å²) in [5.41, 5.74) is 2.66. The van der Waals surface area contributed by atoms with Crippen molar-refractivity contribution in [3.05, 3.63) is 42.5 Å². The molecule has 0 radical (unpaired) electrons. The standard InChI is InChI=1S/C21H25N3O3/c1-5-23(6-2)20(25)14-24-17-10-8-7-9-16(17)22-21(24)15-11-12-18(26-3)19(13-15)27-4/h7-13H,5-6,14H2,1-4H3. The van der Waals surface area contributed by atoms with Gasteiger partial charge in [0.25, 0.3) is 0 Å². The Kier molecular flexibility index (Phi) is 5.64. The minimum absolute atomic E-state index is 0.0740. The Morgan fingerprint density at radius 3 is 2.41 bits per heavy atom. The van der Waals surface area contributed by atoms with E-state index < -0.39 is 0 Å². The fourth-order valence-electron chi connectivity index (χ4n) is 3.24. The van der Waals surface area contributed by atoms with E-state index in [1.54, 1.807) is 14.2 Å². The van der Waals surface area contributed by atoms with Gasteiger partial charge in [-0.3, -0.25) is 4.79 Å². The normalized spacial score (nSPS) is 10.8. The molecular weight excluding hydrogens is 342 g/mol. The maximum atomic E-state index is 12.8. The Bertz CT molecular complexity index is 945. The van der Waals surface area contributed by atoms with E-state index in [2.05, 4.69) is 0 Å². The van der Waals surface area contributed by atoms with Crippen LogP contribution in [0.2, 0.25) is 0 Å². The molecule has 0 spiro atoms. The maximum Gasteiger partial charge on any atom is 0.242 e. The lowest BCUT2D eigenvalue weighted by molar-refractivity contribution is -0.131. The van der Waals surface area contributed by atoms with Gasteiger partial charge in [0.1, 0.15) is 12.4 Å². The molecule has 1 aromatic heterocycles. The van der Waals surface area contributed by atoms with Crippen LogP contribution in [0.5, 0.6) is 11.5 Å². The number of carbonyl (C=O) groups is 1. The van der Waals surface area contributed by atoms with Crippen LogP contribution < -0.4 is 9.47 Å². The van der Waals surface area contributed by atoms with Crippen molar-refractivity contribution in [1.29, 1.82) is 0 Å². The van der Waals surface area contributed by atoms with Crippen LogP contribution in [0, 0.1) is 0 Å². The summed E-state index contributed by atoms with van der Waals surface area (Å²) in [7, 11) is 3.21. The van der Waals surface area contributed by atoms with Gasteiger partial charge in [-0.1, -0.05) is 12.1 Å². The van der Waals surface area contributed by atoms with Crippen molar-refractivity contribution < 1.29 is 14.3 Å². The van der Waals surface area contributed by atoms with Crippen LogP contribution in [0.4, 0.5) is 0 Å². The highest BCUT2D eigenvalue weighted by molar-refractivity contribution is 5.84. The van der Waals surface area contributed by atoms with Crippen molar-refractivity contribution in [3.8, 4) is 22.9 Å². The van der Waals surface area contributed by atoms with Gasteiger partial charge in [0, 0.05) is 18.7 Å². The fraction of sp³-hybridized carbons (Fsp3) is 0.333. The van der Waals surface area contributed by atoms with Crippen LogP contribution in [0.1, 0.15) is 13.8 Å². The van der Waals surface area contributed by atoms with Crippen molar-refractivity contribution in [1.82, 2.24) is 14.5 Å². The molecule has 6 heteroatoms. The molecule has 3 aromatic rings. The van der Waals surface area contributed by atoms with Crippen LogP contribution in [-0.2, 0) is 11.3 Å². The summed E-state index contributed by atoms with van der Waals surface area (Å²) in [6.45, 7) is 5.60. The zero-order chi connectivity index (χ0) is 19.4. The average Bonchev–Trinajstić information content (AvgIpc) is 3.07. The van der Waals surface area contributed by atoms with E-state index in [-0.39, 0.29) is 12.5 Å². The Morgan fingerprint density at radius 1 is 1.04 bits per heavy atom. The monoisotopic (exact) mass is 367 g/mol. The first kappa shape index (κ1) is 18.8. The van der Waals surface area contributed by atoms with Gasteiger partial charge in [0.05, 0.1) is 25.3 Å². The third-order valence-corrected chi connectivity index (χ3v) is 4.71. The van der Waals surface area contributed by atoms with E-state index in [4.69, 9.17) is 14.5 Å². The highest BCUT2D eigenvalue weighted by atomic mass is 16.5. The lowest BCUT2D eigenvalue weighted by Crippen LogP contribution is -2.33. The van der Waals surface area contributed by atoms with Crippen LogP contribution in [-0.4, -0.2) is 47.7 Å². The average molecular weight is 367 g/mol. The molecule has 0 atom stereocenters. The first-order valence-electron chi connectivity index (χ1n) is 9.08. The summed E-state index contributed by atoms with van der Waals surface area (Å²) < 4.78 is 12.7. The third kappa shape index (κ3) is 3.60. The van der Waals surface area contributed by atoms with Gasteiger partial charge >= 0.3 is 0 Å². The number of benzene rings is 2. The van der Waals surface area contributed by atoms with Crippen LogP contribution >= 0.6 is 0 Å². The van der Waals surface area contributed by atoms with Crippen molar-refractivity contribution in [2.24, 2.45) is 0 Å². The predicted molar refractivity (Wildman–Crippen MR) is 106 cm³/mol. The molecule has 0 aliphatic heterocycles. The zero-order valence-corrected chi connectivity index (χ0v) is 16.2. The minimum Gasteiger partial charge on any atom is -0.493 e. The Labute approximate surface area is 159 Å². The van der Waals surface area contributed by atoms with E-state index in [9.17, 15) is 4.79 Å². The second kappa shape index (κ2) is 8.12. The van der Waals surface area contributed by atoms with Crippen LogP contribution in [0.15, 0.2) is 42.5 Å². The molecule has 0 aliphatic carbocycles. The minimum atomic E-state index is 0.0740. The highest BCUT2D eigenvalue weighted by Crippen LogP contribution is 2.33. The summed E-state index contributed by atoms with van der Waals surface area (Å²) in [5.74, 6) is 2.09. The van der Waals surface area contributed by atoms with E-state index >= 15 is 0 Å². The maximum absolute atomic E-state index is 12.8. The van der Waals surface area contributed by atoms with E-state index in [1.807, 2.05) is 65.8 Å². The highest BCUT2D eigenvalue weighted by Gasteiger charge is 2.18. The van der Waals surface area contributed by atoms with Gasteiger partial charge in [-0.05, 0) is 44.2 Å². The molecule has 0 aliphatic rings. The molecule has 0 N–H and O–H groups in total. The predicted octanol–water partition coefficient (Wildman–Crippen LogP) is 3.59. The molecule has 0 unspecified atom stereocenters. The number of rotatable bonds is 7.